The zero-order valence-electron chi connectivity index (χ0n) is 18.0. The largest absolute Gasteiger partial charge is 0.339 e. The van der Waals surface area contributed by atoms with E-state index in [2.05, 4.69) is 33.0 Å². The van der Waals surface area contributed by atoms with Crippen molar-refractivity contribution in [1.29, 1.82) is 0 Å². The van der Waals surface area contributed by atoms with E-state index in [9.17, 15) is 9.59 Å². The molecule has 2 aliphatic rings. The molecule has 32 heavy (non-hydrogen) atoms. The van der Waals surface area contributed by atoms with Crippen LogP contribution < -0.4 is 0 Å². The number of fused-ring (bicyclic) bond motifs is 1. The number of nitrogens with zero attached hydrogens (tertiary/aromatic N) is 2. The van der Waals surface area contributed by atoms with Crippen LogP contribution in [0, 0.1) is 5.92 Å². The molecule has 0 N–H and O–H groups in total. The molecular formula is C27H27BrN2O2. The van der Waals surface area contributed by atoms with Gasteiger partial charge in [-0.2, -0.15) is 0 Å². The first-order valence-electron chi connectivity index (χ1n) is 11.4. The molecule has 0 radical (unpaired) electrons. The average Bonchev–Trinajstić information content (AvgIpc) is 3.33. The number of hydrogen-bond acceptors (Lipinski definition) is 2. The lowest BCUT2D eigenvalue weighted by molar-refractivity contribution is -0.137. The lowest BCUT2D eigenvalue weighted by atomic mass is 9.93. The second kappa shape index (κ2) is 9.07. The summed E-state index contributed by atoms with van der Waals surface area (Å²) in [6, 6.07) is 22.4. The lowest BCUT2D eigenvalue weighted by Crippen LogP contribution is -2.44. The molecule has 2 aliphatic heterocycles. The molecular weight excluding hydrogens is 464 g/mol. The molecule has 0 aromatic heterocycles. The summed E-state index contributed by atoms with van der Waals surface area (Å²) in [5.74, 6) is 0.324. The zero-order valence-corrected chi connectivity index (χ0v) is 19.6. The summed E-state index contributed by atoms with van der Waals surface area (Å²) in [4.78, 5) is 30.6. The highest BCUT2D eigenvalue weighted by Gasteiger charge is 2.36. The van der Waals surface area contributed by atoms with Gasteiger partial charge in [-0.05, 0) is 60.2 Å². The normalized spacial score (nSPS) is 19.5. The average molecular weight is 491 g/mol. The van der Waals surface area contributed by atoms with E-state index in [1.165, 1.54) is 5.56 Å². The third-order valence-corrected chi connectivity index (χ3v) is 7.41. The van der Waals surface area contributed by atoms with Gasteiger partial charge in [0.1, 0.15) is 0 Å². The van der Waals surface area contributed by atoms with E-state index in [-0.39, 0.29) is 23.8 Å². The number of likely N-dealkylation sites (tertiary alicyclic amines) is 2. The first-order chi connectivity index (χ1) is 15.6. The SMILES string of the molecule is O=C(c1cccc2ccccc12)N1CCC(C(=O)N2CCCC2c2cccc(Br)c2)CC1. The fraction of sp³-hybridized carbons (Fsp3) is 0.333. The van der Waals surface area contributed by atoms with Gasteiger partial charge in [-0.15, -0.1) is 0 Å². The Morgan fingerprint density at radius 3 is 2.41 bits per heavy atom. The highest BCUT2D eigenvalue weighted by Crippen LogP contribution is 2.35. The number of amides is 2. The van der Waals surface area contributed by atoms with Crippen molar-refractivity contribution in [2.75, 3.05) is 19.6 Å². The summed E-state index contributed by atoms with van der Waals surface area (Å²) in [6.45, 7) is 2.09. The molecule has 1 atom stereocenters. The molecule has 2 fully saturated rings. The first-order valence-corrected chi connectivity index (χ1v) is 12.2. The molecule has 1 unspecified atom stereocenters. The van der Waals surface area contributed by atoms with Gasteiger partial charge in [0.05, 0.1) is 6.04 Å². The van der Waals surface area contributed by atoms with Crippen molar-refractivity contribution in [3.05, 3.63) is 82.3 Å². The van der Waals surface area contributed by atoms with E-state index in [0.717, 1.165) is 53.0 Å². The van der Waals surface area contributed by atoms with Crippen LogP contribution in [0.4, 0.5) is 0 Å². The van der Waals surface area contributed by atoms with E-state index in [1.54, 1.807) is 0 Å². The van der Waals surface area contributed by atoms with Gasteiger partial charge in [0, 0.05) is 35.6 Å². The molecule has 2 amide bonds. The van der Waals surface area contributed by atoms with Crippen LogP contribution in [0.3, 0.4) is 0 Å². The van der Waals surface area contributed by atoms with Gasteiger partial charge < -0.3 is 9.80 Å². The highest BCUT2D eigenvalue weighted by atomic mass is 79.9. The van der Waals surface area contributed by atoms with E-state index in [1.807, 2.05) is 59.5 Å². The van der Waals surface area contributed by atoms with Crippen LogP contribution in [0.1, 0.15) is 47.6 Å². The third-order valence-electron chi connectivity index (χ3n) is 6.92. The number of carbonyl (C=O) groups is 2. The Labute approximate surface area is 197 Å². The molecule has 5 rings (SSSR count). The predicted molar refractivity (Wildman–Crippen MR) is 130 cm³/mol. The Kier molecular flexibility index (Phi) is 6.01. The van der Waals surface area contributed by atoms with E-state index in [0.29, 0.717) is 13.1 Å². The van der Waals surface area contributed by atoms with Gasteiger partial charge in [0.15, 0.2) is 0 Å². The number of carbonyl (C=O) groups excluding carboxylic acids is 2. The number of halogens is 1. The van der Waals surface area contributed by atoms with Crippen LogP contribution >= 0.6 is 15.9 Å². The molecule has 2 saturated heterocycles. The molecule has 2 heterocycles. The fourth-order valence-corrected chi connectivity index (χ4v) is 5.65. The van der Waals surface area contributed by atoms with E-state index in [4.69, 9.17) is 0 Å². The van der Waals surface area contributed by atoms with Crippen molar-refractivity contribution in [2.45, 2.75) is 31.7 Å². The summed E-state index contributed by atoms with van der Waals surface area (Å²) >= 11 is 3.56. The van der Waals surface area contributed by atoms with Crippen molar-refractivity contribution in [3.8, 4) is 0 Å². The lowest BCUT2D eigenvalue weighted by Gasteiger charge is -2.35. The monoisotopic (exact) mass is 490 g/mol. The summed E-state index contributed by atoms with van der Waals surface area (Å²) in [5.41, 5.74) is 1.95. The van der Waals surface area contributed by atoms with Crippen LogP contribution in [0.2, 0.25) is 0 Å². The molecule has 4 nitrogen and oxygen atoms in total. The van der Waals surface area contributed by atoms with Gasteiger partial charge in [0.2, 0.25) is 5.91 Å². The smallest absolute Gasteiger partial charge is 0.254 e. The van der Waals surface area contributed by atoms with Crippen LogP contribution in [0.5, 0.6) is 0 Å². The second-order valence-electron chi connectivity index (χ2n) is 8.84. The molecule has 3 aromatic carbocycles. The molecule has 0 saturated carbocycles. The number of hydrogen-bond donors (Lipinski definition) is 0. The second-order valence-corrected chi connectivity index (χ2v) is 9.75. The minimum Gasteiger partial charge on any atom is -0.339 e. The standard InChI is InChI=1S/C27H27BrN2O2/c28-22-9-3-8-21(18-22)25-12-5-15-30(25)26(31)20-13-16-29(17-14-20)27(32)24-11-4-7-19-6-1-2-10-23(19)24/h1-4,6-11,18,20,25H,5,12-17H2. The molecule has 0 aliphatic carbocycles. The van der Waals surface area contributed by atoms with Gasteiger partial charge >= 0.3 is 0 Å². The Balaban J connectivity index is 1.26. The Morgan fingerprint density at radius 1 is 0.844 bits per heavy atom. The van der Waals surface area contributed by atoms with Crippen molar-refractivity contribution in [2.24, 2.45) is 5.92 Å². The minimum atomic E-state index is -0.000629. The van der Waals surface area contributed by atoms with Gasteiger partial charge in [-0.25, -0.2) is 0 Å². The number of benzene rings is 3. The maximum atomic E-state index is 13.4. The van der Waals surface area contributed by atoms with Crippen molar-refractivity contribution in [1.82, 2.24) is 9.80 Å². The Hall–Kier alpha value is -2.66. The minimum absolute atomic E-state index is 0.000629. The number of piperidine rings is 1. The maximum Gasteiger partial charge on any atom is 0.254 e. The quantitative estimate of drug-likeness (QED) is 0.464. The van der Waals surface area contributed by atoms with Gasteiger partial charge in [-0.1, -0.05) is 64.5 Å². The van der Waals surface area contributed by atoms with Crippen molar-refractivity contribution < 1.29 is 9.59 Å². The summed E-state index contributed by atoms with van der Waals surface area (Å²) in [6.07, 6.45) is 3.52. The van der Waals surface area contributed by atoms with Crippen LogP contribution in [0.15, 0.2) is 71.2 Å². The van der Waals surface area contributed by atoms with Gasteiger partial charge in [-0.3, -0.25) is 9.59 Å². The van der Waals surface area contributed by atoms with Crippen molar-refractivity contribution in [3.63, 3.8) is 0 Å². The summed E-state index contributed by atoms with van der Waals surface area (Å²) in [5, 5.41) is 2.07. The molecule has 3 aromatic rings. The molecule has 0 bridgehead atoms. The first kappa shape index (κ1) is 21.2. The van der Waals surface area contributed by atoms with Crippen molar-refractivity contribution >= 4 is 38.5 Å². The Morgan fingerprint density at radius 2 is 1.59 bits per heavy atom. The van der Waals surface area contributed by atoms with Crippen LogP contribution in [0.25, 0.3) is 10.8 Å². The fourth-order valence-electron chi connectivity index (χ4n) is 5.24. The van der Waals surface area contributed by atoms with E-state index >= 15 is 0 Å². The predicted octanol–water partition coefficient (Wildman–Crippen LogP) is 5.82. The Bertz CT molecular complexity index is 1150. The van der Waals surface area contributed by atoms with Gasteiger partial charge in [0.25, 0.3) is 5.91 Å². The highest BCUT2D eigenvalue weighted by molar-refractivity contribution is 9.10. The van der Waals surface area contributed by atoms with Crippen LogP contribution in [-0.4, -0.2) is 41.2 Å². The zero-order chi connectivity index (χ0) is 22.1. The molecule has 164 valence electrons. The summed E-state index contributed by atoms with van der Waals surface area (Å²) < 4.78 is 1.05. The topological polar surface area (TPSA) is 40.6 Å². The summed E-state index contributed by atoms with van der Waals surface area (Å²) in [7, 11) is 0. The molecule has 0 spiro atoms. The van der Waals surface area contributed by atoms with E-state index < -0.39 is 0 Å². The molecule has 5 heteroatoms. The third kappa shape index (κ3) is 4.06. The number of rotatable bonds is 3. The maximum absolute atomic E-state index is 13.4. The van der Waals surface area contributed by atoms with Crippen LogP contribution in [-0.2, 0) is 4.79 Å².